The first kappa shape index (κ1) is 24.9. The zero-order valence-electron chi connectivity index (χ0n) is 12.0. The summed E-state index contributed by atoms with van der Waals surface area (Å²) in [5.74, 6) is 4.53. The van der Waals surface area contributed by atoms with Crippen LogP contribution in [0.25, 0.3) is 0 Å². The number of unbranched alkanes of at least 4 members (excludes halogenated alkanes) is 2. The average molecular weight is 239 g/mol. The monoisotopic (exact) mass is 239 g/mol. The molecule has 0 radical (unpaired) electrons. The second-order valence-corrected chi connectivity index (χ2v) is 3.78. The van der Waals surface area contributed by atoms with Crippen molar-refractivity contribution in [2.45, 2.75) is 26.2 Å². The summed E-state index contributed by atoms with van der Waals surface area (Å²) in [5, 5.41) is 0. The molecule has 0 atom stereocenters. The van der Waals surface area contributed by atoms with E-state index in [1.165, 1.54) is 0 Å². The first-order valence-electron chi connectivity index (χ1n) is 3.23. The second kappa shape index (κ2) is 14.9. The van der Waals surface area contributed by atoms with Gasteiger partial charge in [-0.2, -0.15) is 18.6 Å². The maximum atomic E-state index is 10.5. The van der Waals surface area contributed by atoms with Gasteiger partial charge in [-0.05, 0) is 6.42 Å². The molecular formula is C5H16NNa3O3S. The summed E-state index contributed by atoms with van der Waals surface area (Å²) in [6, 6.07) is 0. The summed E-state index contributed by atoms with van der Waals surface area (Å²) in [6.07, 6.45) is 2.50. The topological polar surface area (TPSA) is 69.4 Å². The third kappa shape index (κ3) is 17.5. The summed E-state index contributed by atoms with van der Waals surface area (Å²) in [5.41, 5.74) is 0. The summed E-state index contributed by atoms with van der Waals surface area (Å²) < 4.78 is 24.8. The predicted molar refractivity (Wildman–Crippen MR) is 41.9 cm³/mol. The van der Waals surface area contributed by atoms with Gasteiger partial charge >= 0.3 is 88.7 Å². The van der Waals surface area contributed by atoms with Gasteiger partial charge in [0.1, 0.15) is 0 Å². The Labute approximate surface area is 151 Å². The quantitative estimate of drug-likeness (QED) is 0.294. The van der Waals surface area contributed by atoms with Crippen LogP contribution in [-0.4, -0.2) is 14.2 Å². The Kier molecular flexibility index (Phi) is 28.5. The van der Waals surface area contributed by atoms with Crippen LogP contribution in [0.3, 0.4) is 0 Å². The molecule has 0 unspecified atom stereocenters. The van der Waals surface area contributed by atoms with Gasteiger partial charge in [-0.15, -0.1) is 0 Å². The van der Waals surface area contributed by atoms with E-state index in [0.717, 1.165) is 12.8 Å². The van der Waals surface area contributed by atoms with E-state index in [9.17, 15) is 8.42 Å². The van der Waals surface area contributed by atoms with E-state index in [1.807, 2.05) is 6.92 Å². The summed E-state index contributed by atoms with van der Waals surface area (Å²) >= 11 is 0. The smallest absolute Gasteiger partial charge is 1.00 e. The third-order valence-corrected chi connectivity index (χ3v) is 2.23. The van der Waals surface area contributed by atoms with Crippen LogP contribution in [0.2, 0.25) is 0 Å². The zero-order chi connectivity index (χ0) is 8.04. The Balaban J connectivity index is -0.0000000270. The summed E-state index contributed by atoms with van der Waals surface area (Å²) in [6.45, 7) is 2.00. The molecule has 68 valence electrons. The summed E-state index contributed by atoms with van der Waals surface area (Å²) in [4.78, 5) is 0. The second-order valence-electron chi connectivity index (χ2n) is 2.07. The molecule has 13 heavy (non-hydrogen) atoms. The van der Waals surface area contributed by atoms with Crippen molar-refractivity contribution < 1.29 is 106 Å². The summed E-state index contributed by atoms with van der Waals surface area (Å²) in [7, 11) is -3.41. The fourth-order valence-electron chi connectivity index (χ4n) is 0.577. The van der Waals surface area contributed by atoms with Gasteiger partial charge < -0.3 is 4.28 Å². The van der Waals surface area contributed by atoms with E-state index in [0.29, 0.717) is 6.42 Å². The van der Waals surface area contributed by atoms with Crippen LogP contribution in [0, 0.1) is 0 Å². The molecule has 4 nitrogen and oxygen atoms in total. The predicted octanol–water partition coefficient (Wildman–Crippen LogP) is -8.25. The van der Waals surface area contributed by atoms with Crippen LogP contribution < -0.4 is 94.6 Å². The minimum Gasteiger partial charge on any atom is -1.00 e. The van der Waals surface area contributed by atoms with Crippen LogP contribution in [0.1, 0.15) is 30.5 Å². The maximum Gasteiger partial charge on any atom is 1.00 e. The molecule has 0 aliphatic carbocycles. The van der Waals surface area contributed by atoms with Crippen LogP contribution in [0.15, 0.2) is 0 Å². The van der Waals surface area contributed by atoms with Crippen molar-refractivity contribution in [2.75, 3.05) is 5.75 Å². The minimum absolute atomic E-state index is 0. The van der Waals surface area contributed by atoms with Gasteiger partial charge in [-0.1, -0.05) is 19.8 Å². The first-order chi connectivity index (χ1) is 4.62. The molecule has 0 rings (SSSR count). The standard InChI is InChI=1S/C5H13NO3S.3Na.3H/c1-2-3-4-5-10(7,8)9-6;;;;;;/h2-6H2,1H3;;;;;;/q;3*+1;3*-1. The van der Waals surface area contributed by atoms with Crippen molar-refractivity contribution in [3.63, 3.8) is 0 Å². The first-order valence-corrected chi connectivity index (χ1v) is 4.81. The van der Waals surface area contributed by atoms with E-state index in [-0.39, 0.29) is 98.7 Å². The van der Waals surface area contributed by atoms with Crippen molar-refractivity contribution >= 4 is 10.1 Å². The molecular weight excluding hydrogens is 223 g/mol. The van der Waals surface area contributed by atoms with Crippen molar-refractivity contribution in [3.05, 3.63) is 0 Å². The van der Waals surface area contributed by atoms with Gasteiger partial charge in [-0.25, -0.2) is 0 Å². The van der Waals surface area contributed by atoms with E-state index in [4.69, 9.17) is 0 Å². The molecule has 0 fully saturated rings. The molecule has 0 saturated heterocycles. The SMILES string of the molecule is CCCCCS(=O)(=O)ON.[H-].[H-].[H-].[Na+].[Na+].[Na+]. The normalized spacial score (nSPS) is 9.08. The Morgan fingerprint density at radius 1 is 1.23 bits per heavy atom. The van der Waals surface area contributed by atoms with Crippen molar-refractivity contribution in [1.29, 1.82) is 0 Å². The molecule has 0 aromatic heterocycles. The van der Waals surface area contributed by atoms with E-state index < -0.39 is 10.1 Å². The molecule has 0 aliphatic rings. The number of hydrogen-bond acceptors (Lipinski definition) is 4. The molecule has 0 spiro atoms. The molecule has 0 bridgehead atoms. The molecule has 0 aromatic carbocycles. The Morgan fingerprint density at radius 2 is 1.69 bits per heavy atom. The van der Waals surface area contributed by atoms with Gasteiger partial charge in [0.05, 0.1) is 5.75 Å². The van der Waals surface area contributed by atoms with Crippen LogP contribution in [-0.2, 0) is 14.4 Å². The zero-order valence-corrected chi connectivity index (χ0v) is 15.9. The number of hydrogen-bond donors (Lipinski definition) is 1. The molecule has 0 saturated carbocycles. The van der Waals surface area contributed by atoms with Crippen molar-refractivity contribution in [1.82, 2.24) is 0 Å². The van der Waals surface area contributed by atoms with Crippen LogP contribution in [0.4, 0.5) is 0 Å². The Morgan fingerprint density at radius 3 is 2.00 bits per heavy atom. The largest absolute Gasteiger partial charge is 1.00 e. The van der Waals surface area contributed by atoms with E-state index >= 15 is 0 Å². The average Bonchev–Trinajstić information content (AvgIpc) is 1.89. The Hall–Kier alpha value is 2.87. The van der Waals surface area contributed by atoms with Gasteiger partial charge in [-0.3, -0.25) is 0 Å². The number of nitrogens with two attached hydrogens (primary N) is 1. The molecule has 8 heteroatoms. The third-order valence-electron chi connectivity index (χ3n) is 1.14. The molecule has 0 aromatic rings. The van der Waals surface area contributed by atoms with Gasteiger partial charge in [0.2, 0.25) is 0 Å². The van der Waals surface area contributed by atoms with E-state index in [1.54, 1.807) is 0 Å². The van der Waals surface area contributed by atoms with E-state index in [2.05, 4.69) is 10.2 Å². The van der Waals surface area contributed by atoms with Crippen molar-refractivity contribution in [2.24, 2.45) is 5.90 Å². The molecule has 0 amide bonds. The molecule has 0 aliphatic heterocycles. The fraction of sp³-hybridized carbons (Fsp3) is 1.00. The molecule has 2 N–H and O–H groups in total. The molecule has 0 heterocycles. The minimum atomic E-state index is -3.41. The van der Waals surface area contributed by atoms with Gasteiger partial charge in [0, 0.05) is 0 Å². The fourth-order valence-corrected chi connectivity index (χ4v) is 1.23. The van der Waals surface area contributed by atoms with Gasteiger partial charge in [0.25, 0.3) is 10.1 Å². The number of rotatable bonds is 5. The van der Waals surface area contributed by atoms with Crippen LogP contribution >= 0.6 is 0 Å². The Bertz CT molecular complexity index is 185. The van der Waals surface area contributed by atoms with Crippen LogP contribution in [0.5, 0.6) is 0 Å². The van der Waals surface area contributed by atoms with Crippen molar-refractivity contribution in [3.8, 4) is 0 Å². The van der Waals surface area contributed by atoms with Gasteiger partial charge in [0.15, 0.2) is 0 Å². The maximum absolute atomic E-state index is 10.5.